The fraction of sp³-hybridized carbons (Fsp3) is 0.0566. The molecule has 1 aliphatic rings. The van der Waals surface area contributed by atoms with Crippen molar-refractivity contribution >= 4 is 70.1 Å². The van der Waals surface area contributed by atoms with Gasteiger partial charge in [0.25, 0.3) is 0 Å². The molecule has 0 saturated heterocycles. The maximum atomic E-state index is 2.43. The van der Waals surface area contributed by atoms with Gasteiger partial charge in [-0.1, -0.05) is 159 Å². The molecule has 1 aliphatic carbocycles. The molecule has 55 heavy (non-hydrogen) atoms. The number of rotatable bonds is 5. The van der Waals surface area contributed by atoms with Gasteiger partial charge in [0.05, 0.1) is 0 Å². The van der Waals surface area contributed by atoms with Crippen molar-refractivity contribution in [1.29, 1.82) is 0 Å². The summed E-state index contributed by atoms with van der Waals surface area (Å²) in [6.45, 7) is 4.70. The van der Waals surface area contributed by atoms with Crippen LogP contribution in [-0.4, -0.2) is 0 Å². The lowest BCUT2D eigenvalue weighted by Gasteiger charge is -2.28. The van der Waals surface area contributed by atoms with E-state index in [9.17, 15) is 0 Å². The van der Waals surface area contributed by atoms with Gasteiger partial charge in [-0.3, -0.25) is 0 Å². The van der Waals surface area contributed by atoms with Gasteiger partial charge in [-0.05, 0) is 109 Å². The molecule has 0 aliphatic heterocycles. The van der Waals surface area contributed by atoms with Gasteiger partial charge in [-0.25, -0.2) is 0 Å². The molecular weight excluding hydrogens is 683 g/mol. The van der Waals surface area contributed by atoms with Gasteiger partial charge in [0, 0.05) is 42.6 Å². The number of hydrogen-bond acceptors (Lipinski definition) is 2. The van der Waals surface area contributed by atoms with Crippen molar-refractivity contribution in [2.75, 3.05) is 4.90 Å². The molecule has 10 aromatic rings. The summed E-state index contributed by atoms with van der Waals surface area (Å²) >= 11 is 1.90. The van der Waals surface area contributed by atoms with E-state index >= 15 is 0 Å². The Labute approximate surface area is 325 Å². The van der Waals surface area contributed by atoms with Crippen molar-refractivity contribution in [1.82, 2.24) is 0 Å². The second-order valence-corrected chi connectivity index (χ2v) is 16.4. The standard InChI is InChI=1S/C53H37NS/c1-53(2)48-23-8-7-19-45(48)47-33-40(29-30-49(47)53)54(39-16-9-15-37(32-39)42-20-10-14-34-12-3-5-17-41(34)42)38-27-24-36(25-28-38)44-21-11-22-46-51-43-18-6-4-13-35(43)26-31-50(51)55-52(44)46/h3-33H,1-2H3. The van der Waals surface area contributed by atoms with Crippen LogP contribution in [0.2, 0.25) is 0 Å². The second-order valence-electron chi connectivity index (χ2n) is 15.3. The van der Waals surface area contributed by atoms with Gasteiger partial charge in [0.1, 0.15) is 0 Å². The highest BCUT2D eigenvalue weighted by atomic mass is 32.1. The van der Waals surface area contributed by atoms with E-state index in [1.807, 2.05) is 11.3 Å². The Morgan fingerprint density at radius 3 is 1.89 bits per heavy atom. The van der Waals surface area contributed by atoms with Gasteiger partial charge in [0.2, 0.25) is 0 Å². The molecule has 1 nitrogen and oxygen atoms in total. The summed E-state index contributed by atoms with van der Waals surface area (Å²) in [6, 6.07) is 69.6. The Hall–Kier alpha value is -6.48. The van der Waals surface area contributed by atoms with Gasteiger partial charge in [-0.2, -0.15) is 0 Å². The minimum atomic E-state index is -0.0505. The zero-order chi connectivity index (χ0) is 36.7. The molecule has 2 heteroatoms. The minimum Gasteiger partial charge on any atom is -0.310 e. The Morgan fingerprint density at radius 2 is 1.02 bits per heavy atom. The zero-order valence-electron chi connectivity index (χ0n) is 30.8. The molecule has 0 unspecified atom stereocenters. The van der Waals surface area contributed by atoms with Gasteiger partial charge < -0.3 is 4.90 Å². The Morgan fingerprint density at radius 1 is 0.400 bits per heavy atom. The Kier molecular flexibility index (Phi) is 7.14. The van der Waals surface area contributed by atoms with Crippen LogP contribution in [-0.2, 0) is 5.41 Å². The van der Waals surface area contributed by atoms with Crippen molar-refractivity contribution < 1.29 is 0 Å². The highest BCUT2D eigenvalue weighted by Gasteiger charge is 2.35. The molecule has 0 fully saturated rings. The van der Waals surface area contributed by atoms with Crippen LogP contribution in [0, 0.1) is 0 Å². The van der Waals surface area contributed by atoms with Crippen molar-refractivity contribution in [2.45, 2.75) is 19.3 Å². The number of nitrogens with zero attached hydrogens (tertiary/aromatic N) is 1. The molecule has 0 spiro atoms. The average Bonchev–Trinajstić information content (AvgIpc) is 3.73. The molecule has 260 valence electrons. The molecule has 0 atom stereocenters. The van der Waals surface area contributed by atoms with E-state index < -0.39 is 0 Å². The summed E-state index contributed by atoms with van der Waals surface area (Å²) in [5.74, 6) is 0. The summed E-state index contributed by atoms with van der Waals surface area (Å²) in [4.78, 5) is 2.43. The lowest BCUT2D eigenvalue weighted by Crippen LogP contribution is -2.15. The maximum absolute atomic E-state index is 2.43. The molecule has 11 rings (SSSR count). The average molecular weight is 720 g/mol. The second kappa shape index (κ2) is 12.3. The molecule has 0 amide bonds. The van der Waals surface area contributed by atoms with E-state index in [4.69, 9.17) is 0 Å². The van der Waals surface area contributed by atoms with Gasteiger partial charge >= 0.3 is 0 Å². The number of thiophene rings is 1. The normalized spacial score (nSPS) is 13.1. The maximum Gasteiger partial charge on any atom is 0.0468 e. The Bertz CT molecular complexity index is 3120. The number of anilines is 3. The summed E-state index contributed by atoms with van der Waals surface area (Å²) in [5.41, 5.74) is 13.7. The molecule has 1 heterocycles. The van der Waals surface area contributed by atoms with Crippen LogP contribution in [0.4, 0.5) is 17.1 Å². The summed E-state index contributed by atoms with van der Waals surface area (Å²) in [7, 11) is 0. The summed E-state index contributed by atoms with van der Waals surface area (Å²) < 4.78 is 2.66. The third-order valence-corrected chi connectivity index (χ3v) is 13.1. The SMILES string of the molecule is CC1(C)c2ccccc2-c2cc(N(c3ccc(-c4cccc5c4sc4ccc6ccccc6c45)cc3)c3cccc(-c4cccc5ccccc45)c3)ccc21. The van der Waals surface area contributed by atoms with Crippen LogP contribution >= 0.6 is 11.3 Å². The minimum absolute atomic E-state index is 0.0505. The van der Waals surface area contributed by atoms with E-state index in [-0.39, 0.29) is 5.41 Å². The number of fused-ring (bicyclic) bond motifs is 9. The first-order valence-corrected chi connectivity index (χ1v) is 19.9. The lowest BCUT2D eigenvalue weighted by molar-refractivity contribution is 0.660. The first-order valence-electron chi connectivity index (χ1n) is 19.1. The van der Waals surface area contributed by atoms with Crippen molar-refractivity contribution in [3.8, 4) is 33.4 Å². The van der Waals surface area contributed by atoms with Crippen LogP contribution in [0.15, 0.2) is 188 Å². The summed E-state index contributed by atoms with van der Waals surface area (Å²) in [6.07, 6.45) is 0. The molecule has 9 aromatic carbocycles. The van der Waals surface area contributed by atoms with Crippen molar-refractivity contribution in [3.63, 3.8) is 0 Å². The van der Waals surface area contributed by atoms with Gasteiger partial charge in [0.15, 0.2) is 0 Å². The van der Waals surface area contributed by atoms with E-state index in [1.54, 1.807) is 0 Å². The highest BCUT2D eigenvalue weighted by molar-refractivity contribution is 7.26. The largest absolute Gasteiger partial charge is 0.310 e. The lowest BCUT2D eigenvalue weighted by atomic mass is 9.82. The smallest absolute Gasteiger partial charge is 0.0468 e. The van der Waals surface area contributed by atoms with E-state index in [2.05, 4.69) is 207 Å². The van der Waals surface area contributed by atoms with Crippen LogP contribution < -0.4 is 4.90 Å². The highest BCUT2D eigenvalue weighted by Crippen LogP contribution is 2.51. The number of hydrogen-bond donors (Lipinski definition) is 0. The molecule has 0 bridgehead atoms. The predicted octanol–water partition coefficient (Wildman–Crippen LogP) is 15.5. The van der Waals surface area contributed by atoms with Gasteiger partial charge in [-0.15, -0.1) is 11.3 Å². The molecule has 0 radical (unpaired) electrons. The van der Waals surface area contributed by atoms with Crippen LogP contribution in [0.25, 0.3) is 75.1 Å². The predicted molar refractivity (Wildman–Crippen MR) is 237 cm³/mol. The monoisotopic (exact) mass is 719 g/mol. The topological polar surface area (TPSA) is 3.24 Å². The molecular formula is C53H37NS. The van der Waals surface area contributed by atoms with Crippen LogP contribution in [0.1, 0.15) is 25.0 Å². The third kappa shape index (κ3) is 4.99. The zero-order valence-corrected chi connectivity index (χ0v) is 31.6. The number of benzene rings is 9. The molecule has 1 aromatic heterocycles. The van der Waals surface area contributed by atoms with Crippen molar-refractivity contribution in [2.24, 2.45) is 0 Å². The van der Waals surface area contributed by atoms with Crippen molar-refractivity contribution in [3.05, 3.63) is 199 Å². The first kappa shape index (κ1) is 32.0. The Balaban J connectivity index is 1.07. The fourth-order valence-electron chi connectivity index (χ4n) is 9.17. The van der Waals surface area contributed by atoms with Crippen LogP contribution in [0.3, 0.4) is 0 Å². The van der Waals surface area contributed by atoms with Crippen LogP contribution in [0.5, 0.6) is 0 Å². The summed E-state index contributed by atoms with van der Waals surface area (Å²) in [5, 5.41) is 7.80. The molecule has 0 saturated carbocycles. The van der Waals surface area contributed by atoms with E-state index in [0.29, 0.717) is 0 Å². The van der Waals surface area contributed by atoms with E-state index in [1.165, 1.54) is 86.2 Å². The quantitative estimate of drug-likeness (QED) is 0.171. The fourth-order valence-corrected chi connectivity index (χ4v) is 10.4. The third-order valence-electron chi connectivity index (χ3n) is 11.9. The first-order chi connectivity index (χ1) is 27.0. The van der Waals surface area contributed by atoms with E-state index in [0.717, 1.165) is 17.1 Å². The molecule has 0 N–H and O–H groups in total.